The summed E-state index contributed by atoms with van der Waals surface area (Å²) in [5.41, 5.74) is 2.70. The van der Waals surface area contributed by atoms with E-state index in [1.54, 1.807) is 11.3 Å². The van der Waals surface area contributed by atoms with E-state index in [4.69, 9.17) is 0 Å². The van der Waals surface area contributed by atoms with Gasteiger partial charge >= 0.3 is 0 Å². The van der Waals surface area contributed by atoms with Gasteiger partial charge in [-0.2, -0.15) is 0 Å². The van der Waals surface area contributed by atoms with Gasteiger partial charge in [0.15, 0.2) is 0 Å². The molecule has 2 heterocycles. The highest BCUT2D eigenvalue weighted by atomic mass is 32.1. The quantitative estimate of drug-likeness (QED) is 0.695. The third-order valence-corrected chi connectivity index (χ3v) is 6.02. The van der Waals surface area contributed by atoms with Crippen LogP contribution in [0.4, 0.5) is 0 Å². The molecule has 0 fully saturated rings. The molecular formula is C18H21N3S2. The summed E-state index contributed by atoms with van der Waals surface area (Å²) in [5.74, 6) is 0. The van der Waals surface area contributed by atoms with Gasteiger partial charge < -0.3 is 5.32 Å². The molecule has 0 spiro atoms. The second-order valence-electron chi connectivity index (χ2n) is 5.76. The van der Waals surface area contributed by atoms with Crippen LogP contribution in [0.15, 0.2) is 41.8 Å². The molecule has 1 N–H and O–H groups in total. The third-order valence-electron chi connectivity index (χ3n) is 3.86. The van der Waals surface area contributed by atoms with Crippen LogP contribution in [0.3, 0.4) is 0 Å². The SMILES string of the molecule is Cc1nnc(C(C)NC(Cc2ccccc2)c2sccc2C)s1. The molecule has 2 unspecified atom stereocenters. The Morgan fingerprint density at radius 3 is 2.48 bits per heavy atom. The molecule has 0 aliphatic rings. The molecular weight excluding hydrogens is 322 g/mol. The minimum atomic E-state index is 0.191. The van der Waals surface area contributed by atoms with Crippen molar-refractivity contribution in [1.29, 1.82) is 0 Å². The summed E-state index contributed by atoms with van der Waals surface area (Å²) in [4.78, 5) is 1.40. The summed E-state index contributed by atoms with van der Waals surface area (Å²) in [7, 11) is 0. The highest BCUT2D eigenvalue weighted by molar-refractivity contribution is 7.11. The molecule has 0 amide bonds. The van der Waals surface area contributed by atoms with E-state index in [0.717, 1.165) is 16.4 Å². The molecule has 0 aliphatic carbocycles. The molecule has 1 aromatic carbocycles. The summed E-state index contributed by atoms with van der Waals surface area (Å²) >= 11 is 3.49. The van der Waals surface area contributed by atoms with Gasteiger partial charge in [-0.25, -0.2) is 0 Å². The molecule has 0 radical (unpaired) electrons. The zero-order valence-corrected chi connectivity index (χ0v) is 15.2. The molecule has 2 aromatic heterocycles. The monoisotopic (exact) mass is 343 g/mol. The maximum atomic E-state index is 4.29. The van der Waals surface area contributed by atoms with E-state index >= 15 is 0 Å². The number of benzene rings is 1. The van der Waals surface area contributed by atoms with Gasteiger partial charge in [-0.15, -0.1) is 32.9 Å². The van der Waals surface area contributed by atoms with Crippen molar-refractivity contribution in [3.05, 3.63) is 67.8 Å². The Morgan fingerprint density at radius 2 is 1.87 bits per heavy atom. The van der Waals surface area contributed by atoms with Crippen molar-refractivity contribution < 1.29 is 0 Å². The van der Waals surface area contributed by atoms with Gasteiger partial charge in [0.2, 0.25) is 0 Å². The molecule has 2 atom stereocenters. The first-order valence-electron chi connectivity index (χ1n) is 7.77. The lowest BCUT2D eigenvalue weighted by Gasteiger charge is -2.22. The fraction of sp³-hybridized carbons (Fsp3) is 0.333. The van der Waals surface area contributed by atoms with Crippen LogP contribution in [0.25, 0.3) is 0 Å². The Hall–Kier alpha value is -1.56. The Morgan fingerprint density at radius 1 is 1.09 bits per heavy atom. The van der Waals surface area contributed by atoms with E-state index in [1.165, 1.54) is 16.0 Å². The van der Waals surface area contributed by atoms with Crippen LogP contribution >= 0.6 is 22.7 Å². The van der Waals surface area contributed by atoms with E-state index in [2.05, 4.69) is 71.1 Å². The number of nitrogens with one attached hydrogen (secondary N) is 1. The molecule has 3 aromatic rings. The van der Waals surface area contributed by atoms with Crippen LogP contribution in [0.2, 0.25) is 0 Å². The Labute approximate surface area is 145 Å². The number of rotatable bonds is 6. The summed E-state index contributed by atoms with van der Waals surface area (Å²) in [6.45, 7) is 6.35. The first kappa shape index (κ1) is 16.3. The van der Waals surface area contributed by atoms with Gasteiger partial charge in [-0.3, -0.25) is 0 Å². The molecule has 0 saturated carbocycles. The van der Waals surface area contributed by atoms with Crippen molar-refractivity contribution in [2.24, 2.45) is 0 Å². The minimum Gasteiger partial charge on any atom is -0.300 e. The van der Waals surface area contributed by atoms with Crippen molar-refractivity contribution in [3.8, 4) is 0 Å². The number of hydrogen-bond donors (Lipinski definition) is 1. The second kappa shape index (κ2) is 7.34. The number of aryl methyl sites for hydroxylation is 2. The first-order valence-corrected chi connectivity index (χ1v) is 9.47. The maximum Gasteiger partial charge on any atom is 0.134 e. The Balaban J connectivity index is 1.82. The molecule has 23 heavy (non-hydrogen) atoms. The smallest absolute Gasteiger partial charge is 0.134 e. The summed E-state index contributed by atoms with van der Waals surface area (Å²) in [6, 6.07) is 13.3. The summed E-state index contributed by atoms with van der Waals surface area (Å²) in [6.07, 6.45) is 0.977. The average Bonchev–Trinajstić information content (AvgIpc) is 3.16. The summed E-state index contributed by atoms with van der Waals surface area (Å²) in [5, 5.41) is 16.4. The van der Waals surface area contributed by atoms with Crippen LogP contribution < -0.4 is 5.32 Å². The van der Waals surface area contributed by atoms with Gasteiger partial charge in [0.25, 0.3) is 0 Å². The van der Waals surface area contributed by atoms with Crippen molar-refractivity contribution in [1.82, 2.24) is 15.5 Å². The third kappa shape index (κ3) is 4.05. The lowest BCUT2D eigenvalue weighted by atomic mass is 10.0. The Bertz CT molecular complexity index is 748. The van der Waals surface area contributed by atoms with Crippen LogP contribution in [0, 0.1) is 13.8 Å². The van der Waals surface area contributed by atoms with E-state index in [9.17, 15) is 0 Å². The molecule has 3 nitrogen and oxygen atoms in total. The fourth-order valence-corrected chi connectivity index (χ4v) is 4.38. The van der Waals surface area contributed by atoms with E-state index in [0.29, 0.717) is 0 Å². The average molecular weight is 344 g/mol. The number of nitrogens with zero attached hydrogens (tertiary/aromatic N) is 2. The zero-order valence-electron chi connectivity index (χ0n) is 13.6. The zero-order chi connectivity index (χ0) is 16.2. The second-order valence-corrected chi connectivity index (χ2v) is 7.92. The minimum absolute atomic E-state index is 0.191. The molecule has 0 bridgehead atoms. The fourth-order valence-electron chi connectivity index (χ4n) is 2.68. The van der Waals surface area contributed by atoms with Crippen LogP contribution in [0.5, 0.6) is 0 Å². The van der Waals surface area contributed by atoms with Crippen molar-refractivity contribution in [2.75, 3.05) is 0 Å². The lowest BCUT2D eigenvalue weighted by molar-refractivity contribution is 0.465. The molecule has 3 rings (SSSR count). The van der Waals surface area contributed by atoms with Gasteiger partial charge in [0.1, 0.15) is 10.0 Å². The Kier molecular flexibility index (Phi) is 5.20. The highest BCUT2D eigenvalue weighted by Crippen LogP contribution is 2.30. The van der Waals surface area contributed by atoms with Crippen molar-refractivity contribution in [3.63, 3.8) is 0 Å². The predicted octanol–water partition coefficient (Wildman–Crippen LogP) is 4.85. The van der Waals surface area contributed by atoms with Gasteiger partial charge in [0, 0.05) is 10.9 Å². The number of hydrogen-bond acceptors (Lipinski definition) is 5. The van der Waals surface area contributed by atoms with E-state index in [-0.39, 0.29) is 12.1 Å². The lowest BCUT2D eigenvalue weighted by Crippen LogP contribution is -2.26. The van der Waals surface area contributed by atoms with Gasteiger partial charge in [-0.05, 0) is 49.8 Å². The van der Waals surface area contributed by atoms with E-state index in [1.807, 2.05) is 18.3 Å². The first-order chi connectivity index (χ1) is 11.1. The van der Waals surface area contributed by atoms with Crippen LogP contribution in [0.1, 0.15) is 45.0 Å². The van der Waals surface area contributed by atoms with Crippen molar-refractivity contribution >= 4 is 22.7 Å². The predicted molar refractivity (Wildman–Crippen MR) is 98.1 cm³/mol. The van der Waals surface area contributed by atoms with Gasteiger partial charge in [0.05, 0.1) is 6.04 Å². The number of aromatic nitrogens is 2. The highest BCUT2D eigenvalue weighted by Gasteiger charge is 2.20. The topological polar surface area (TPSA) is 37.8 Å². The van der Waals surface area contributed by atoms with Crippen LogP contribution in [-0.4, -0.2) is 10.2 Å². The van der Waals surface area contributed by atoms with Gasteiger partial charge in [-0.1, -0.05) is 30.3 Å². The summed E-state index contributed by atoms with van der Waals surface area (Å²) < 4.78 is 0. The van der Waals surface area contributed by atoms with Crippen molar-refractivity contribution in [2.45, 2.75) is 39.3 Å². The maximum absolute atomic E-state index is 4.29. The molecule has 120 valence electrons. The van der Waals surface area contributed by atoms with Crippen LogP contribution in [-0.2, 0) is 6.42 Å². The molecule has 5 heteroatoms. The van der Waals surface area contributed by atoms with E-state index < -0.39 is 0 Å². The normalized spacial score (nSPS) is 13.9. The molecule has 0 aliphatic heterocycles. The largest absolute Gasteiger partial charge is 0.300 e. The standard InChI is InChI=1S/C18H21N3S2/c1-12-9-10-22-17(12)16(11-15-7-5-4-6-8-15)19-13(2)18-21-20-14(3)23-18/h4-10,13,16,19H,11H2,1-3H3. The number of thiophene rings is 1. The molecule has 0 saturated heterocycles.